The third kappa shape index (κ3) is 3.18. The summed E-state index contributed by atoms with van der Waals surface area (Å²) in [7, 11) is 0. The normalized spacial score (nSPS) is 16.2. The molecule has 24 heavy (non-hydrogen) atoms. The number of benzene rings is 1. The van der Waals surface area contributed by atoms with Crippen LogP contribution in [0.5, 0.6) is 0 Å². The first kappa shape index (κ1) is 16.3. The molecule has 2 aromatic rings. The van der Waals surface area contributed by atoms with Crippen LogP contribution < -0.4 is 16.2 Å². The average Bonchev–Trinajstić information content (AvgIpc) is 2.55. The number of thioether (sulfide) groups is 1. The second kappa shape index (κ2) is 6.48. The van der Waals surface area contributed by atoms with Crippen LogP contribution in [0.15, 0.2) is 34.2 Å². The third-order valence-electron chi connectivity index (χ3n) is 3.76. The van der Waals surface area contributed by atoms with E-state index in [9.17, 15) is 14.4 Å². The van der Waals surface area contributed by atoms with E-state index in [1.54, 1.807) is 18.4 Å². The summed E-state index contributed by atoms with van der Waals surface area (Å²) in [5.41, 5.74) is 1.47. The van der Waals surface area contributed by atoms with Crippen molar-refractivity contribution in [3.8, 4) is 0 Å². The predicted molar refractivity (Wildman–Crippen MR) is 92.4 cm³/mol. The molecule has 1 unspecified atom stereocenters. The lowest BCUT2D eigenvalue weighted by Gasteiger charge is -2.23. The molecule has 8 heteroatoms. The minimum Gasteiger partial charge on any atom is -0.326 e. The van der Waals surface area contributed by atoms with Crippen LogP contribution in [-0.2, 0) is 9.59 Å². The molecule has 0 spiro atoms. The van der Waals surface area contributed by atoms with E-state index in [-0.39, 0.29) is 23.7 Å². The number of hydrogen-bond donors (Lipinski definition) is 3. The van der Waals surface area contributed by atoms with Gasteiger partial charge in [0.1, 0.15) is 5.82 Å². The summed E-state index contributed by atoms with van der Waals surface area (Å²) in [6.45, 7) is 1.95. The Morgan fingerprint density at radius 2 is 2.00 bits per heavy atom. The lowest BCUT2D eigenvalue weighted by atomic mass is 9.92. The number of H-pyrrole nitrogens is 1. The zero-order chi connectivity index (χ0) is 17.3. The molecule has 3 rings (SSSR count). The number of rotatable bonds is 3. The highest BCUT2D eigenvalue weighted by Gasteiger charge is 2.34. The smallest absolute Gasteiger partial charge is 0.257 e. The van der Waals surface area contributed by atoms with Gasteiger partial charge in [-0.2, -0.15) is 0 Å². The Morgan fingerprint density at radius 3 is 2.67 bits per heavy atom. The highest BCUT2D eigenvalue weighted by molar-refractivity contribution is 7.98. The number of anilines is 2. The Labute approximate surface area is 142 Å². The van der Waals surface area contributed by atoms with Crippen molar-refractivity contribution in [2.24, 2.45) is 0 Å². The van der Waals surface area contributed by atoms with Crippen LogP contribution in [0.1, 0.15) is 23.5 Å². The lowest BCUT2D eigenvalue weighted by Crippen LogP contribution is -2.36. The summed E-state index contributed by atoms with van der Waals surface area (Å²) in [5.74, 6) is -1.46. The molecule has 1 aliphatic rings. The van der Waals surface area contributed by atoms with Crippen LogP contribution in [0.4, 0.5) is 11.5 Å². The Morgan fingerprint density at radius 1 is 1.29 bits per heavy atom. The maximum absolute atomic E-state index is 12.6. The van der Waals surface area contributed by atoms with Crippen LogP contribution in [0.2, 0.25) is 0 Å². The summed E-state index contributed by atoms with van der Waals surface area (Å²) in [6, 6.07) is 7.29. The molecule has 1 atom stereocenters. The molecule has 0 saturated carbocycles. The van der Waals surface area contributed by atoms with E-state index in [4.69, 9.17) is 0 Å². The zero-order valence-electron chi connectivity index (χ0n) is 13.2. The van der Waals surface area contributed by atoms with E-state index < -0.39 is 17.4 Å². The average molecular weight is 344 g/mol. The largest absolute Gasteiger partial charge is 0.326 e. The fraction of sp³-hybridized carbons (Fsp3) is 0.250. The van der Waals surface area contributed by atoms with E-state index in [1.807, 2.05) is 19.1 Å². The van der Waals surface area contributed by atoms with Gasteiger partial charge in [0.15, 0.2) is 5.16 Å². The fourth-order valence-corrected chi connectivity index (χ4v) is 2.91. The number of aromatic nitrogens is 2. The molecule has 0 saturated heterocycles. The summed E-state index contributed by atoms with van der Waals surface area (Å²) >= 11 is 1.25. The van der Waals surface area contributed by atoms with Gasteiger partial charge in [0.25, 0.3) is 5.56 Å². The maximum atomic E-state index is 12.6. The Hall–Kier alpha value is -2.61. The summed E-state index contributed by atoms with van der Waals surface area (Å²) in [4.78, 5) is 43.6. The van der Waals surface area contributed by atoms with Crippen molar-refractivity contribution in [1.82, 2.24) is 9.97 Å². The van der Waals surface area contributed by atoms with Crippen LogP contribution >= 0.6 is 11.8 Å². The number of carbonyl (C=O) groups excluding carboxylic acids is 2. The summed E-state index contributed by atoms with van der Waals surface area (Å²) < 4.78 is 0. The van der Waals surface area contributed by atoms with E-state index in [0.717, 1.165) is 5.56 Å². The van der Waals surface area contributed by atoms with Gasteiger partial charge in [0, 0.05) is 12.1 Å². The Bertz CT molecular complexity index is 861. The number of aryl methyl sites for hydroxylation is 1. The number of nitrogens with zero attached hydrogens (tertiary/aromatic N) is 1. The minimum absolute atomic E-state index is 0.0892. The fourth-order valence-electron chi connectivity index (χ4n) is 2.54. The number of hydrogen-bond acceptors (Lipinski definition) is 5. The predicted octanol–water partition coefficient (Wildman–Crippen LogP) is 1.86. The van der Waals surface area contributed by atoms with Gasteiger partial charge in [-0.1, -0.05) is 29.5 Å². The lowest BCUT2D eigenvalue weighted by molar-refractivity contribution is -0.123. The van der Waals surface area contributed by atoms with Gasteiger partial charge in [-0.05, 0) is 25.3 Å². The number of fused-ring (bicyclic) bond motifs is 1. The van der Waals surface area contributed by atoms with Gasteiger partial charge in [0.2, 0.25) is 11.8 Å². The topological polar surface area (TPSA) is 104 Å². The quantitative estimate of drug-likeness (QED) is 0.582. The first-order valence-electron chi connectivity index (χ1n) is 7.33. The molecule has 1 aromatic heterocycles. The van der Waals surface area contributed by atoms with Crippen molar-refractivity contribution >= 4 is 35.1 Å². The molecule has 2 amide bonds. The molecular formula is C16H16N4O3S. The number of nitrogens with one attached hydrogen (secondary N) is 3. The number of aromatic amines is 1. The van der Waals surface area contributed by atoms with Gasteiger partial charge in [0.05, 0.1) is 11.5 Å². The van der Waals surface area contributed by atoms with Crippen molar-refractivity contribution in [2.45, 2.75) is 24.4 Å². The van der Waals surface area contributed by atoms with Gasteiger partial charge < -0.3 is 15.6 Å². The molecule has 1 aliphatic heterocycles. The molecule has 7 nitrogen and oxygen atoms in total. The summed E-state index contributed by atoms with van der Waals surface area (Å²) in [6.07, 6.45) is 1.67. The molecule has 124 valence electrons. The Balaban J connectivity index is 1.94. The first-order chi connectivity index (χ1) is 11.5. The molecule has 0 radical (unpaired) electrons. The molecule has 3 N–H and O–H groups in total. The third-order valence-corrected chi connectivity index (χ3v) is 4.34. The van der Waals surface area contributed by atoms with Crippen LogP contribution in [0, 0.1) is 6.92 Å². The van der Waals surface area contributed by atoms with Crippen LogP contribution in [0.25, 0.3) is 0 Å². The van der Waals surface area contributed by atoms with E-state index in [2.05, 4.69) is 20.6 Å². The van der Waals surface area contributed by atoms with Gasteiger partial charge in [-0.15, -0.1) is 0 Å². The molecule has 2 heterocycles. The van der Waals surface area contributed by atoms with Crippen molar-refractivity contribution in [3.05, 3.63) is 45.7 Å². The monoisotopic (exact) mass is 344 g/mol. The molecule has 0 aliphatic carbocycles. The SMILES string of the molecule is CSc1nc2c(c(=O)[nH]1)C(C(=O)Nc1ccc(C)cc1)CC(=O)N2. The van der Waals surface area contributed by atoms with E-state index in [0.29, 0.717) is 10.8 Å². The minimum atomic E-state index is -0.873. The van der Waals surface area contributed by atoms with E-state index in [1.165, 1.54) is 11.8 Å². The van der Waals surface area contributed by atoms with Crippen molar-refractivity contribution in [3.63, 3.8) is 0 Å². The molecule has 0 fully saturated rings. The number of carbonyl (C=O) groups is 2. The van der Waals surface area contributed by atoms with Crippen LogP contribution in [0.3, 0.4) is 0 Å². The second-order valence-electron chi connectivity index (χ2n) is 5.50. The maximum Gasteiger partial charge on any atom is 0.257 e. The van der Waals surface area contributed by atoms with Crippen molar-refractivity contribution in [1.29, 1.82) is 0 Å². The highest BCUT2D eigenvalue weighted by Crippen LogP contribution is 2.30. The molecule has 1 aromatic carbocycles. The number of amides is 2. The standard InChI is InChI=1S/C16H16N4O3S/c1-8-3-5-9(6-4-8)17-14(22)10-7-11(21)18-13-12(10)15(23)20-16(19-13)24-2/h3-6,10H,7H2,1-2H3,(H,17,22)(H2,18,19,20,21,23). The summed E-state index contributed by atoms with van der Waals surface area (Å²) in [5, 5.41) is 5.71. The van der Waals surface area contributed by atoms with Gasteiger partial charge in [-0.3, -0.25) is 14.4 Å². The van der Waals surface area contributed by atoms with Gasteiger partial charge >= 0.3 is 0 Å². The molecule has 0 bridgehead atoms. The van der Waals surface area contributed by atoms with E-state index >= 15 is 0 Å². The highest BCUT2D eigenvalue weighted by atomic mass is 32.2. The Kier molecular flexibility index (Phi) is 4.39. The van der Waals surface area contributed by atoms with Crippen molar-refractivity contribution in [2.75, 3.05) is 16.9 Å². The van der Waals surface area contributed by atoms with Crippen LogP contribution in [-0.4, -0.2) is 28.0 Å². The van der Waals surface area contributed by atoms with Crippen molar-refractivity contribution < 1.29 is 9.59 Å². The zero-order valence-corrected chi connectivity index (χ0v) is 14.0. The first-order valence-corrected chi connectivity index (χ1v) is 8.56. The van der Waals surface area contributed by atoms with Gasteiger partial charge in [-0.25, -0.2) is 4.98 Å². The molecular weight excluding hydrogens is 328 g/mol. The second-order valence-corrected chi connectivity index (χ2v) is 6.29.